The average Bonchev–Trinajstić information content (AvgIpc) is 2.84. The van der Waals surface area contributed by atoms with Gasteiger partial charge in [0.1, 0.15) is 5.69 Å². The number of halogens is 1. The van der Waals surface area contributed by atoms with Gasteiger partial charge in [0.05, 0.1) is 11.9 Å². The molecule has 0 spiro atoms. The molecular formula is C12H15ClN4OS. The summed E-state index contributed by atoms with van der Waals surface area (Å²) >= 11 is 7.27. The van der Waals surface area contributed by atoms with Crippen LogP contribution >= 0.6 is 22.9 Å². The maximum Gasteiger partial charge on any atom is 0.275 e. The van der Waals surface area contributed by atoms with Crippen LogP contribution in [0.2, 0.25) is 4.47 Å². The number of thiazole rings is 1. The van der Waals surface area contributed by atoms with Crippen molar-refractivity contribution in [2.75, 3.05) is 5.32 Å². The van der Waals surface area contributed by atoms with Gasteiger partial charge in [-0.1, -0.05) is 25.4 Å². The molecule has 0 saturated heterocycles. The summed E-state index contributed by atoms with van der Waals surface area (Å²) in [6.45, 7) is 4.19. The smallest absolute Gasteiger partial charge is 0.275 e. The highest BCUT2D eigenvalue weighted by Crippen LogP contribution is 2.26. The van der Waals surface area contributed by atoms with Gasteiger partial charge < -0.3 is 5.32 Å². The molecule has 5 nitrogen and oxygen atoms in total. The van der Waals surface area contributed by atoms with Crippen LogP contribution in [0.3, 0.4) is 0 Å². The van der Waals surface area contributed by atoms with Gasteiger partial charge >= 0.3 is 0 Å². The van der Waals surface area contributed by atoms with Crippen molar-refractivity contribution in [3.8, 4) is 0 Å². The van der Waals surface area contributed by atoms with E-state index in [0.29, 0.717) is 21.8 Å². The van der Waals surface area contributed by atoms with Crippen molar-refractivity contribution >= 4 is 34.5 Å². The number of aryl methyl sites for hydroxylation is 1. The van der Waals surface area contributed by atoms with E-state index in [4.69, 9.17) is 11.6 Å². The summed E-state index contributed by atoms with van der Waals surface area (Å²) < 4.78 is 2.02. The standard InChI is InChI=1S/C12H15ClN4OS/c1-7(2)4-9-10(16-12(13)19-9)11(18)15-8-5-14-17(3)6-8/h5-7H,4H2,1-3H3,(H,15,18). The Labute approximate surface area is 120 Å². The fourth-order valence-electron chi connectivity index (χ4n) is 1.69. The minimum Gasteiger partial charge on any atom is -0.318 e. The minimum absolute atomic E-state index is 0.244. The van der Waals surface area contributed by atoms with Gasteiger partial charge in [0.15, 0.2) is 4.47 Å². The number of nitrogens with one attached hydrogen (secondary N) is 1. The molecule has 19 heavy (non-hydrogen) atoms. The molecule has 1 N–H and O–H groups in total. The van der Waals surface area contributed by atoms with Crippen LogP contribution in [0.4, 0.5) is 5.69 Å². The number of rotatable bonds is 4. The summed E-state index contributed by atoms with van der Waals surface area (Å²) in [5, 5.41) is 6.77. The van der Waals surface area contributed by atoms with Crippen molar-refractivity contribution in [1.82, 2.24) is 14.8 Å². The van der Waals surface area contributed by atoms with Crippen LogP contribution in [0.1, 0.15) is 29.2 Å². The van der Waals surface area contributed by atoms with E-state index in [-0.39, 0.29) is 5.91 Å². The molecule has 0 aliphatic rings. The van der Waals surface area contributed by atoms with Gasteiger partial charge in [0.2, 0.25) is 0 Å². The first-order valence-corrected chi connectivity index (χ1v) is 7.10. The van der Waals surface area contributed by atoms with E-state index in [1.807, 2.05) is 0 Å². The minimum atomic E-state index is -0.244. The van der Waals surface area contributed by atoms with E-state index in [1.165, 1.54) is 11.3 Å². The summed E-state index contributed by atoms with van der Waals surface area (Å²) in [6, 6.07) is 0. The number of amides is 1. The third-order valence-electron chi connectivity index (χ3n) is 2.44. The van der Waals surface area contributed by atoms with Crippen LogP contribution in [0.5, 0.6) is 0 Å². The second-order valence-corrected chi connectivity index (χ2v) is 6.36. The summed E-state index contributed by atoms with van der Waals surface area (Å²) in [6.07, 6.45) is 4.11. The molecule has 0 aromatic carbocycles. The maximum atomic E-state index is 12.2. The van der Waals surface area contributed by atoms with E-state index < -0.39 is 0 Å². The van der Waals surface area contributed by atoms with E-state index in [0.717, 1.165) is 11.3 Å². The molecule has 0 atom stereocenters. The number of carbonyl (C=O) groups excluding carboxylic acids is 1. The Morgan fingerprint density at radius 3 is 2.89 bits per heavy atom. The van der Waals surface area contributed by atoms with Gasteiger partial charge in [-0.25, -0.2) is 4.98 Å². The molecule has 0 aliphatic carbocycles. The number of hydrogen-bond acceptors (Lipinski definition) is 4. The predicted molar refractivity (Wildman–Crippen MR) is 76.8 cm³/mol. The number of nitrogens with zero attached hydrogens (tertiary/aromatic N) is 3. The fraction of sp³-hybridized carbons (Fsp3) is 0.417. The third-order valence-corrected chi connectivity index (χ3v) is 3.62. The average molecular weight is 299 g/mol. The SMILES string of the molecule is CC(C)Cc1sc(Cl)nc1C(=O)Nc1cnn(C)c1. The van der Waals surface area contributed by atoms with Crippen molar-refractivity contribution in [1.29, 1.82) is 0 Å². The Kier molecular flexibility index (Phi) is 4.21. The molecule has 7 heteroatoms. The van der Waals surface area contributed by atoms with E-state index >= 15 is 0 Å². The second kappa shape index (κ2) is 5.71. The molecule has 0 radical (unpaired) electrons. The fourth-order valence-corrected chi connectivity index (χ4v) is 3.04. The molecule has 2 rings (SSSR count). The summed E-state index contributed by atoms with van der Waals surface area (Å²) in [5.74, 6) is 0.202. The lowest BCUT2D eigenvalue weighted by molar-refractivity contribution is 0.102. The van der Waals surface area contributed by atoms with Crippen LogP contribution in [-0.2, 0) is 13.5 Å². The highest BCUT2D eigenvalue weighted by atomic mass is 35.5. The molecule has 0 saturated carbocycles. The molecule has 0 fully saturated rings. The maximum absolute atomic E-state index is 12.2. The Balaban J connectivity index is 2.18. The van der Waals surface area contributed by atoms with Crippen molar-refractivity contribution in [2.24, 2.45) is 13.0 Å². The van der Waals surface area contributed by atoms with Gasteiger partial charge in [-0.15, -0.1) is 11.3 Å². The first-order valence-electron chi connectivity index (χ1n) is 5.91. The molecular weight excluding hydrogens is 284 g/mol. The first-order chi connectivity index (χ1) is 8.95. The Bertz CT molecular complexity index is 590. The van der Waals surface area contributed by atoms with Gasteiger partial charge in [0, 0.05) is 18.1 Å². The van der Waals surface area contributed by atoms with Crippen molar-refractivity contribution in [2.45, 2.75) is 20.3 Å². The van der Waals surface area contributed by atoms with Crippen LogP contribution in [0, 0.1) is 5.92 Å². The Morgan fingerprint density at radius 1 is 1.58 bits per heavy atom. The molecule has 0 aliphatic heterocycles. The lowest BCUT2D eigenvalue weighted by Crippen LogP contribution is -2.14. The second-order valence-electron chi connectivity index (χ2n) is 4.69. The molecule has 2 heterocycles. The molecule has 2 aromatic rings. The zero-order valence-electron chi connectivity index (χ0n) is 11.0. The van der Waals surface area contributed by atoms with E-state index in [2.05, 4.69) is 29.2 Å². The lowest BCUT2D eigenvalue weighted by Gasteiger charge is -2.04. The van der Waals surface area contributed by atoms with Crippen LogP contribution < -0.4 is 5.32 Å². The predicted octanol–water partition coefficient (Wildman–Crippen LogP) is 2.98. The monoisotopic (exact) mass is 298 g/mol. The molecule has 0 unspecified atom stereocenters. The Morgan fingerprint density at radius 2 is 2.32 bits per heavy atom. The third kappa shape index (κ3) is 3.54. The summed E-state index contributed by atoms with van der Waals surface area (Å²) in [7, 11) is 1.79. The van der Waals surface area contributed by atoms with Gasteiger partial charge in [0.25, 0.3) is 5.91 Å². The lowest BCUT2D eigenvalue weighted by atomic mass is 10.1. The van der Waals surface area contributed by atoms with Crippen molar-refractivity contribution in [3.63, 3.8) is 0 Å². The quantitative estimate of drug-likeness (QED) is 0.944. The number of hydrogen-bond donors (Lipinski definition) is 1. The van der Waals surface area contributed by atoms with Gasteiger partial charge in [-0.2, -0.15) is 5.10 Å². The van der Waals surface area contributed by atoms with Crippen LogP contribution in [-0.4, -0.2) is 20.7 Å². The summed E-state index contributed by atoms with van der Waals surface area (Å²) in [4.78, 5) is 17.2. The zero-order valence-corrected chi connectivity index (χ0v) is 12.5. The number of anilines is 1. The van der Waals surface area contributed by atoms with Gasteiger partial charge in [-0.05, 0) is 12.3 Å². The highest BCUT2D eigenvalue weighted by Gasteiger charge is 2.18. The van der Waals surface area contributed by atoms with Gasteiger partial charge in [-0.3, -0.25) is 9.48 Å². The normalized spacial score (nSPS) is 11.0. The first kappa shape index (κ1) is 14.0. The molecule has 102 valence electrons. The van der Waals surface area contributed by atoms with Crippen LogP contribution in [0.15, 0.2) is 12.4 Å². The van der Waals surface area contributed by atoms with Crippen molar-refractivity contribution in [3.05, 3.63) is 27.4 Å². The highest BCUT2D eigenvalue weighted by molar-refractivity contribution is 7.16. The molecule has 1 amide bonds. The summed E-state index contributed by atoms with van der Waals surface area (Å²) in [5.41, 5.74) is 1.06. The largest absolute Gasteiger partial charge is 0.318 e. The van der Waals surface area contributed by atoms with E-state index in [1.54, 1.807) is 24.1 Å². The van der Waals surface area contributed by atoms with Crippen molar-refractivity contribution < 1.29 is 4.79 Å². The van der Waals surface area contributed by atoms with E-state index in [9.17, 15) is 4.79 Å². The molecule has 2 aromatic heterocycles. The van der Waals surface area contributed by atoms with Crippen LogP contribution in [0.25, 0.3) is 0 Å². The molecule has 0 bridgehead atoms. The number of carbonyl (C=O) groups is 1. The number of aromatic nitrogens is 3. The Hall–Kier alpha value is -1.40. The zero-order chi connectivity index (χ0) is 14.0. The topological polar surface area (TPSA) is 59.8 Å².